The van der Waals surface area contributed by atoms with E-state index in [4.69, 9.17) is 4.74 Å². The first-order valence-electron chi connectivity index (χ1n) is 10.1. The molecule has 1 fully saturated rings. The number of nitrogens with one attached hydrogen (secondary N) is 2. The van der Waals surface area contributed by atoms with Gasteiger partial charge in [0.2, 0.25) is 5.91 Å². The molecule has 8 heteroatoms. The second kappa shape index (κ2) is 14.6. The van der Waals surface area contributed by atoms with Crippen molar-refractivity contribution >= 4 is 35.8 Å². The van der Waals surface area contributed by atoms with Crippen LogP contribution in [0.1, 0.15) is 18.4 Å². The molecule has 0 spiro atoms. The SMILES string of the molecule is COCCN1CCC(NC(=NCC(=O)N(C)C)NCCc2ccccc2)CC1.I. The van der Waals surface area contributed by atoms with Gasteiger partial charge in [0.15, 0.2) is 5.96 Å². The van der Waals surface area contributed by atoms with E-state index in [1.165, 1.54) is 5.56 Å². The van der Waals surface area contributed by atoms with E-state index in [2.05, 4.69) is 44.8 Å². The standard InChI is InChI=1S/C21H35N5O2.HI/c1-25(2)20(27)17-23-21(22-12-9-18-7-5-4-6-8-18)24-19-10-13-26(14-11-19)15-16-28-3;/h4-8,19H,9-17H2,1-3H3,(H2,22,23,24);1H. The van der Waals surface area contributed by atoms with E-state index in [1.54, 1.807) is 26.1 Å². The smallest absolute Gasteiger partial charge is 0.243 e. The Labute approximate surface area is 192 Å². The van der Waals surface area contributed by atoms with Gasteiger partial charge in [0, 0.05) is 53.4 Å². The number of likely N-dealkylation sites (tertiary alicyclic amines) is 1. The van der Waals surface area contributed by atoms with E-state index < -0.39 is 0 Å². The zero-order chi connectivity index (χ0) is 20.2. The van der Waals surface area contributed by atoms with Crippen LogP contribution in [0.15, 0.2) is 35.3 Å². The molecule has 1 amide bonds. The van der Waals surface area contributed by atoms with Crippen LogP contribution in [0.5, 0.6) is 0 Å². The maximum Gasteiger partial charge on any atom is 0.243 e. The number of carbonyl (C=O) groups is 1. The highest BCUT2D eigenvalue weighted by molar-refractivity contribution is 14.0. The Hall–Kier alpha value is -1.39. The number of ether oxygens (including phenoxy) is 1. The predicted molar refractivity (Wildman–Crippen MR) is 129 cm³/mol. The third kappa shape index (κ3) is 10.3. The number of rotatable bonds is 9. The number of guanidine groups is 1. The van der Waals surface area contributed by atoms with Gasteiger partial charge in [-0.2, -0.15) is 0 Å². The van der Waals surface area contributed by atoms with Crippen molar-refractivity contribution in [2.75, 3.05) is 60.5 Å². The van der Waals surface area contributed by atoms with Crippen LogP contribution in [0.2, 0.25) is 0 Å². The topological polar surface area (TPSA) is 69.2 Å². The summed E-state index contributed by atoms with van der Waals surface area (Å²) in [4.78, 5) is 20.4. The number of likely N-dealkylation sites (N-methyl/N-ethyl adjacent to an activating group) is 1. The van der Waals surface area contributed by atoms with E-state index >= 15 is 0 Å². The van der Waals surface area contributed by atoms with Crippen LogP contribution in [-0.2, 0) is 16.0 Å². The first-order chi connectivity index (χ1) is 13.6. The monoisotopic (exact) mass is 517 g/mol. The van der Waals surface area contributed by atoms with Gasteiger partial charge < -0.3 is 25.2 Å². The number of piperidine rings is 1. The highest BCUT2D eigenvalue weighted by atomic mass is 127. The molecule has 1 aliphatic rings. The van der Waals surface area contributed by atoms with Gasteiger partial charge in [-0.3, -0.25) is 4.79 Å². The van der Waals surface area contributed by atoms with Crippen molar-refractivity contribution in [3.05, 3.63) is 35.9 Å². The van der Waals surface area contributed by atoms with E-state index in [9.17, 15) is 4.79 Å². The normalized spacial score (nSPS) is 15.5. The molecule has 0 saturated carbocycles. The van der Waals surface area contributed by atoms with Crippen molar-refractivity contribution in [1.82, 2.24) is 20.4 Å². The fourth-order valence-corrected chi connectivity index (χ4v) is 3.13. The second-order valence-corrected chi connectivity index (χ2v) is 7.37. The number of nitrogens with zero attached hydrogens (tertiary/aromatic N) is 3. The minimum Gasteiger partial charge on any atom is -0.383 e. The number of benzene rings is 1. The fourth-order valence-electron chi connectivity index (χ4n) is 3.13. The van der Waals surface area contributed by atoms with Crippen molar-refractivity contribution in [2.24, 2.45) is 4.99 Å². The summed E-state index contributed by atoms with van der Waals surface area (Å²) in [6.07, 6.45) is 3.04. The first-order valence-corrected chi connectivity index (χ1v) is 10.1. The summed E-state index contributed by atoms with van der Waals surface area (Å²) in [5.41, 5.74) is 1.28. The van der Waals surface area contributed by atoms with Gasteiger partial charge in [0.05, 0.1) is 6.61 Å². The number of hydrogen-bond donors (Lipinski definition) is 2. The van der Waals surface area contributed by atoms with Crippen molar-refractivity contribution in [3.63, 3.8) is 0 Å². The molecule has 1 aromatic rings. The molecular weight excluding hydrogens is 481 g/mol. The molecule has 1 aliphatic heterocycles. The molecule has 0 aromatic heterocycles. The summed E-state index contributed by atoms with van der Waals surface area (Å²) in [5.74, 6) is 0.722. The Morgan fingerprint density at radius 1 is 1.24 bits per heavy atom. The summed E-state index contributed by atoms with van der Waals surface area (Å²) >= 11 is 0. The second-order valence-electron chi connectivity index (χ2n) is 7.37. The molecule has 1 heterocycles. The van der Waals surface area contributed by atoms with Crippen molar-refractivity contribution in [1.29, 1.82) is 0 Å². The Morgan fingerprint density at radius 3 is 2.55 bits per heavy atom. The Balaban J connectivity index is 0.00000420. The first kappa shape index (κ1) is 25.6. The van der Waals surface area contributed by atoms with Crippen molar-refractivity contribution in [3.8, 4) is 0 Å². The molecule has 1 aromatic carbocycles. The molecule has 1 saturated heterocycles. The van der Waals surface area contributed by atoms with Gasteiger partial charge in [0.25, 0.3) is 0 Å². The molecule has 164 valence electrons. The number of hydrogen-bond acceptors (Lipinski definition) is 4. The lowest BCUT2D eigenvalue weighted by atomic mass is 10.1. The van der Waals surface area contributed by atoms with E-state index in [1.807, 2.05) is 6.07 Å². The fraction of sp³-hybridized carbons (Fsp3) is 0.619. The van der Waals surface area contributed by atoms with Gasteiger partial charge in [-0.05, 0) is 24.8 Å². The average molecular weight is 517 g/mol. The third-order valence-electron chi connectivity index (χ3n) is 4.96. The minimum absolute atomic E-state index is 0. The third-order valence-corrected chi connectivity index (χ3v) is 4.96. The lowest BCUT2D eigenvalue weighted by Gasteiger charge is -2.33. The van der Waals surface area contributed by atoms with Gasteiger partial charge >= 0.3 is 0 Å². The molecule has 29 heavy (non-hydrogen) atoms. The van der Waals surface area contributed by atoms with Gasteiger partial charge in [-0.1, -0.05) is 30.3 Å². The lowest BCUT2D eigenvalue weighted by Crippen LogP contribution is -2.49. The van der Waals surface area contributed by atoms with Crippen molar-refractivity contribution < 1.29 is 9.53 Å². The van der Waals surface area contributed by atoms with Crippen LogP contribution in [0.3, 0.4) is 0 Å². The van der Waals surface area contributed by atoms with Crippen LogP contribution in [0.4, 0.5) is 0 Å². The molecule has 0 unspecified atom stereocenters. The number of halogens is 1. The van der Waals surface area contributed by atoms with Crippen LogP contribution in [0, 0.1) is 0 Å². The highest BCUT2D eigenvalue weighted by Gasteiger charge is 2.19. The molecule has 0 aliphatic carbocycles. The molecule has 7 nitrogen and oxygen atoms in total. The molecule has 0 radical (unpaired) electrons. The van der Waals surface area contributed by atoms with Crippen LogP contribution < -0.4 is 10.6 Å². The maximum atomic E-state index is 11.9. The summed E-state index contributed by atoms with van der Waals surface area (Å²) in [5, 5.41) is 6.91. The van der Waals surface area contributed by atoms with Crippen LogP contribution in [0.25, 0.3) is 0 Å². The van der Waals surface area contributed by atoms with E-state index in [0.717, 1.165) is 58.0 Å². The largest absolute Gasteiger partial charge is 0.383 e. The van der Waals surface area contributed by atoms with E-state index in [0.29, 0.717) is 6.04 Å². The number of amides is 1. The molecule has 0 bridgehead atoms. The Kier molecular flexibility index (Phi) is 12.9. The molecule has 2 N–H and O–H groups in total. The zero-order valence-electron chi connectivity index (χ0n) is 17.9. The number of aliphatic imine (C=N–C) groups is 1. The minimum atomic E-state index is -0.00135. The Morgan fingerprint density at radius 2 is 1.93 bits per heavy atom. The zero-order valence-corrected chi connectivity index (χ0v) is 20.2. The molecule has 0 atom stereocenters. The lowest BCUT2D eigenvalue weighted by molar-refractivity contribution is -0.127. The quantitative estimate of drug-likeness (QED) is 0.296. The van der Waals surface area contributed by atoms with Crippen LogP contribution >= 0.6 is 24.0 Å². The summed E-state index contributed by atoms with van der Waals surface area (Å²) < 4.78 is 5.17. The molecular formula is C21H36IN5O2. The number of methoxy groups -OCH3 is 1. The maximum absolute atomic E-state index is 11.9. The average Bonchev–Trinajstić information content (AvgIpc) is 2.71. The van der Waals surface area contributed by atoms with E-state index in [-0.39, 0.29) is 36.4 Å². The van der Waals surface area contributed by atoms with Crippen molar-refractivity contribution in [2.45, 2.75) is 25.3 Å². The van der Waals surface area contributed by atoms with Gasteiger partial charge in [0.1, 0.15) is 6.54 Å². The summed E-state index contributed by atoms with van der Waals surface area (Å²) in [7, 11) is 5.25. The number of carbonyl (C=O) groups excluding carboxylic acids is 1. The molecule has 2 rings (SSSR count). The van der Waals surface area contributed by atoms with Gasteiger partial charge in [-0.15, -0.1) is 24.0 Å². The summed E-state index contributed by atoms with van der Waals surface area (Å²) in [6.45, 7) is 4.79. The van der Waals surface area contributed by atoms with Crippen LogP contribution in [-0.4, -0.2) is 88.2 Å². The summed E-state index contributed by atoms with van der Waals surface area (Å²) in [6, 6.07) is 10.7. The Bertz CT molecular complexity index is 604. The highest BCUT2D eigenvalue weighted by Crippen LogP contribution is 2.10. The van der Waals surface area contributed by atoms with Gasteiger partial charge in [-0.25, -0.2) is 4.99 Å². The predicted octanol–water partition coefficient (Wildman–Crippen LogP) is 1.58.